The van der Waals surface area contributed by atoms with Gasteiger partial charge in [0, 0.05) is 5.39 Å². The van der Waals surface area contributed by atoms with Gasteiger partial charge in [0.15, 0.2) is 0 Å². The van der Waals surface area contributed by atoms with Crippen LogP contribution in [0.25, 0.3) is 10.9 Å². The molecule has 0 aliphatic rings. The molecule has 1 heterocycles. The topological polar surface area (TPSA) is 105 Å². The molecule has 30 heavy (non-hydrogen) atoms. The number of halogens is 3. The summed E-state index contributed by atoms with van der Waals surface area (Å²) in [6, 6.07) is 11.1. The molecule has 0 amide bonds. The minimum absolute atomic E-state index is 0.0885. The van der Waals surface area contributed by atoms with Gasteiger partial charge < -0.3 is 0 Å². The Morgan fingerprint density at radius 2 is 1.60 bits per heavy atom. The molecule has 0 unspecified atom stereocenters. The number of sulfonamides is 2. The number of nitrogens with zero attached hydrogens (tertiary/aromatic N) is 1. The van der Waals surface area contributed by atoms with Gasteiger partial charge >= 0.3 is 6.18 Å². The minimum atomic E-state index is -4.58. The summed E-state index contributed by atoms with van der Waals surface area (Å²) >= 11 is 0. The fourth-order valence-corrected chi connectivity index (χ4v) is 4.08. The molecule has 0 aliphatic carbocycles. The van der Waals surface area contributed by atoms with Crippen molar-refractivity contribution in [1.82, 2.24) is 9.71 Å². The molecule has 0 radical (unpaired) electrons. The molecule has 7 nitrogen and oxygen atoms in total. The van der Waals surface area contributed by atoms with Crippen LogP contribution in [-0.2, 0) is 32.8 Å². The summed E-state index contributed by atoms with van der Waals surface area (Å²) in [5, 5.41) is 0.589. The standard InChI is InChI=1S/C18H16F3N3O4S2/c1-29(25,26)22-11-14-8-5-12-3-2-4-16(17(12)23-14)24-30(27,28)15-9-6-13(7-10-15)18(19,20)21/h2-10,22,24H,11H2,1H3. The van der Waals surface area contributed by atoms with E-state index in [2.05, 4.69) is 14.4 Å². The van der Waals surface area contributed by atoms with Crippen LogP contribution in [0.3, 0.4) is 0 Å². The maximum atomic E-state index is 12.7. The number of hydrogen-bond donors (Lipinski definition) is 2. The van der Waals surface area contributed by atoms with E-state index in [1.807, 2.05) is 0 Å². The Morgan fingerprint density at radius 3 is 2.20 bits per heavy atom. The number of fused-ring (bicyclic) bond motifs is 1. The first-order valence-electron chi connectivity index (χ1n) is 8.38. The lowest BCUT2D eigenvalue weighted by molar-refractivity contribution is -0.137. The molecule has 160 valence electrons. The summed E-state index contributed by atoms with van der Waals surface area (Å²) < 4.78 is 90.5. The quantitative estimate of drug-likeness (QED) is 0.589. The van der Waals surface area contributed by atoms with Gasteiger partial charge in [-0.3, -0.25) is 4.72 Å². The molecule has 0 aliphatic heterocycles. The van der Waals surface area contributed by atoms with Crippen LogP contribution in [0.2, 0.25) is 0 Å². The van der Waals surface area contributed by atoms with Crippen LogP contribution in [-0.4, -0.2) is 28.1 Å². The summed E-state index contributed by atoms with van der Waals surface area (Å²) in [6.45, 7) is -0.0885. The van der Waals surface area contributed by atoms with Crippen molar-refractivity contribution < 1.29 is 30.0 Å². The average Bonchev–Trinajstić information content (AvgIpc) is 2.65. The normalized spacial score (nSPS) is 12.8. The highest BCUT2D eigenvalue weighted by atomic mass is 32.2. The summed E-state index contributed by atoms with van der Waals surface area (Å²) in [4.78, 5) is 3.95. The predicted molar refractivity (Wildman–Crippen MR) is 106 cm³/mol. The highest BCUT2D eigenvalue weighted by Crippen LogP contribution is 2.30. The summed E-state index contributed by atoms with van der Waals surface area (Å²) in [7, 11) is -7.63. The van der Waals surface area contributed by atoms with Gasteiger partial charge in [0.05, 0.1) is 40.2 Å². The number of anilines is 1. The lowest BCUT2D eigenvalue weighted by Crippen LogP contribution is -2.21. The molecule has 12 heteroatoms. The van der Waals surface area contributed by atoms with E-state index in [-0.39, 0.29) is 22.6 Å². The van der Waals surface area contributed by atoms with Crippen LogP contribution in [0, 0.1) is 0 Å². The fraction of sp³-hybridized carbons (Fsp3) is 0.167. The second kappa shape index (κ2) is 7.85. The van der Waals surface area contributed by atoms with Gasteiger partial charge in [-0.15, -0.1) is 0 Å². The van der Waals surface area contributed by atoms with E-state index < -0.39 is 31.8 Å². The number of pyridine rings is 1. The Morgan fingerprint density at radius 1 is 0.933 bits per heavy atom. The summed E-state index contributed by atoms with van der Waals surface area (Å²) in [6.07, 6.45) is -3.58. The molecule has 3 aromatic rings. The third kappa shape index (κ3) is 5.26. The van der Waals surface area contributed by atoms with Crippen LogP contribution in [0.4, 0.5) is 18.9 Å². The van der Waals surface area contributed by atoms with Crippen molar-refractivity contribution in [3.8, 4) is 0 Å². The predicted octanol–water partition coefficient (Wildman–Crippen LogP) is 3.10. The number of alkyl halides is 3. The van der Waals surface area contributed by atoms with Crippen molar-refractivity contribution in [3.63, 3.8) is 0 Å². The molecule has 2 aromatic carbocycles. The van der Waals surface area contributed by atoms with Crippen molar-refractivity contribution >= 4 is 36.6 Å². The zero-order valence-corrected chi connectivity index (χ0v) is 17.1. The van der Waals surface area contributed by atoms with Gasteiger partial charge in [-0.1, -0.05) is 18.2 Å². The number of para-hydroxylation sites is 1. The molecule has 0 saturated carbocycles. The van der Waals surface area contributed by atoms with Crippen LogP contribution in [0.5, 0.6) is 0 Å². The maximum Gasteiger partial charge on any atom is 0.416 e. The monoisotopic (exact) mass is 459 g/mol. The van der Waals surface area contributed by atoms with Crippen LogP contribution in [0.15, 0.2) is 59.5 Å². The lowest BCUT2D eigenvalue weighted by Gasteiger charge is -2.12. The zero-order chi connectivity index (χ0) is 22.2. The number of nitrogens with one attached hydrogen (secondary N) is 2. The van der Waals surface area contributed by atoms with Gasteiger partial charge in [0.2, 0.25) is 10.0 Å². The Labute approximate surface area is 171 Å². The molecule has 0 fully saturated rings. The number of aromatic nitrogens is 1. The Bertz CT molecular complexity index is 1290. The van der Waals surface area contributed by atoms with E-state index in [0.29, 0.717) is 23.2 Å². The first kappa shape index (κ1) is 22.0. The fourth-order valence-electron chi connectivity index (χ4n) is 2.60. The van der Waals surface area contributed by atoms with Crippen LogP contribution in [0.1, 0.15) is 11.3 Å². The SMILES string of the molecule is CS(=O)(=O)NCc1ccc2cccc(NS(=O)(=O)c3ccc(C(F)(F)F)cc3)c2n1. The van der Waals surface area contributed by atoms with Crippen molar-refractivity contribution in [2.75, 3.05) is 11.0 Å². The zero-order valence-electron chi connectivity index (χ0n) is 15.4. The molecular formula is C18H16F3N3O4S2. The van der Waals surface area contributed by atoms with Gasteiger partial charge in [0.25, 0.3) is 10.0 Å². The average molecular weight is 459 g/mol. The third-order valence-electron chi connectivity index (χ3n) is 4.03. The van der Waals surface area contributed by atoms with Crippen molar-refractivity contribution in [3.05, 3.63) is 65.9 Å². The molecule has 0 bridgehead atoms. The van der Waals surface area contributed by atoms with Gasteiger partial charge in [-0.25, -0.2) is 26.5 Å². The highest BCUT2D eigenvalue weighted by molar-refractivity contribution is 7.92. The van der Waals surface area contributed by atoms with E-state index >= 15 is 0 Å². The van der Waals surface area contributed by atoms with E-state index in [1.165, 1.54) is 6.07 Å². The molecule has 0 spiro atoms. The maximum absolute atomic E-state index is 12.7. The summed E-state index contributed by atoms with van der Waals surface area (Å²) in [5.41, 5.74) is -0.236. The van der Waals surface area contributed by atoms with E-state index in [9.17, 15) is 30.0 Å². The lowest BCUT2D eigenvalue weighted by atomic mass is 10.2. The number of hydrogen-bond acceptors (Lipinski definition) is 5. The molecule has 2 N–H and O–H groups in total. The highest BCUT2D eigenvalue weighted by Gasteiger charge is 2.30. The Kier molecular flexibility index (Phi) is 5.76. The Balaban J connectivity index is 1.94. The summed E-state index contributed by atoms with van der Waals surface area (Å²) in [5.74, 6) is 0. The smallest absolute Gasteiger partial charge is 0.277 e. The van der Waals surface area contributed by atoms with E-state index in [0.717, 1.165) is 18.4 Å². The van der Waals surface area contributed by atoms with Gasteiger partial charge in [-0.05, 0) is 36.4 Å². The first-order chi connectivity index (χ1) is 13.9. The number of benzene rings is 2. The third-order valence-corrected chi connectivity index (χ3v) is 6.08. The largest absolute Gasteiger partial charge is 0.416 e. The Hall–Kier alpha value is -2.70. The van der Waals surface area contributed by atoms with Crippen molar-refractivity contribution in [2.24, 2.45) is 0 Å². The first-order valence-corrected chi connectivity index (χ1v) is 11.8. The molecule has 0 saturated heterocycles. The molecular weight excluding hydrogens is 443 g/mol. The van der Waals surface area contributed by atoms with E-state index in [1.54, 1.807) is 24.3 Å². The molecule has 1 aromatic heterocycles. The molecule has 0 atom stereocenters. The van der Waals surface area contributed by atoms with E-state index in [4.69, 9.17) is 0 Å². The number of rotatable bonds is 6. The van der Waals surface area contributed by atoms with Crippen molar-refractivity contribution in [1.29, 1.82) is 0 Å². The van der Waals surface area contributed by atoms with Crippen LogP contribution >= 0.6 is 0 Å². The van der Waals surface area contributed by atoms with Crippen LogP contribution < -0.4 is 9.44 Å². The van der Waals surface area contributed by atoms with Gasteiger partial charge in [0.1, 0.15) is 0 Å². The minimum Gasteiger partial charge on any atom is -0.277 e. The second-order valence-corrected chi connectivity index (χ2v) is 9.92. The van der Waals surface area contributed by atoms with Gasteiger partial charge in [-0.2, -0.15) is 13.2 Å². The van der Waals surface area contributed by atoms with Crippen molar-refractivity contribution in [2.45, 2.75) is 17.6 Å². The second-order valence-electron chi connectivity index (χ2n) is 6.40. The molecule has 3 rings (SSSR count).